The van der Waals surface area contributed by atoms with Crippen LogP contribution in [-0.2, 0) is 0 Å². The summed E-state index contributed by atoms with van der Waals surface area (Å²) in [5, 5.41) is 4.98. The first-order chi connectivity index (χ1) is 8.46. The molecule has 1 aromatic rings. The van der Waals surface area contributed by atoms with Gasteiger partial charge in [0.2, 0.25) is 0 Å². The lowest BCUT2D eigenvalue weighted by atomic mass is 10.1. The molecule has 18 heavy (non-hydrogen) atoms. The Morgan fingerprint density at radius 2 is 2.06 bits per heavy atom. The summed E-state index contributed by atoms with van der Waals surface area (Å²) < 4.78 is 13.6. The first-order valence-corrected chi connectivity index (χ1v) is 6.74. The quantitative estimate of drug-likeness (QED) is 0.847. The van der Waals surface area contributed by atoms with Crippen LogP contribution in [0.15, 0.2) is 34.4 Å². The van der Waals surface area contributed by atoms with Crippen molar-refractivity contribution in [2.45, 2.75) is 26.3 Å². The molecule has 1 N–H and O–H groups in total. The number of nitrogens with zero attached hydrogens (tertiary/aromatic N) is 2. The predicted octanol–water partition coefficient (Wildman–Crippen LogP) is 3.02. The molecule has 0 unspecified atom stereocenters. The summed E-state index contributed by atoms with van der Waals surface area (Å²) >= 11 is 1.54. The Morgan fingerprint density at radius 3 is 2.61 bits per heavy atom. The molecule has 0 spiro atoms. The molecule has 0 saturated carbocycles. The lowest BCUT2D eigenvalue weighted by Gasteiger charge is -2.19. The minimum Gasteiger partial charge on any atom is -0.256 e. The molecule has 0 radical (unpaired) electrons. The van der Waals surface area contributed by atoms with Gasteiger partial charge in [-0.25, -0.2) is 4.39 Å². The SMILES string of the molecule is CC(C)(C)N=C1NN=C(c2ccccc2F)CS1. The van der Waals surface area contributed by atoms with Gasteiger partial charge >= 0.3 is 0 Å². The molecule has 3 nitrogen and oxygen atoms in total. The Hall–Kier alpha value is -1.36. The number of halogens is 1. The topological polar surface area (TPSA) is 36.8 Å². The Kier molecular flexibility index (Phi) is 3.71. The fourth-order valence-electron chi connectivity index (χ4n) is 1.51. The van der Waals surface area contributed by atoms with Gasteiger partial charge in [-0.3, -0.25) is 10.4 Å². The van der Waals surface area contributed by atoms with Crippen molar-refractivity contribution in [2.24, 2.45) is 10.1 Å². The van der Waals surface area contributed by atoms with E-state index in [2.05, 4.69) is 15.5 Å². The van der Waals surface area contributed by atoms with E-state index >= 15 is 0 Å². The van der Waals surface area contributed by atoms with Crippen molar-refractivity contribution >= 4 is 22.6 Å². The second kappa shape index (κ2) is 5.10. The summed E-state index contributed by atoms with van der Waals surface area (Å²) in [5.41, 5.74) is 4.01. The Morgan fingerprint density at radius 1 is 1.33 bits per heavy atom. The zero-order valence-corrected chi connectivity index (χ0v) is 11.5. The summed E-state index contributed by atoms with van der Waals surface area (Å²) in [6.07, 6.45) is 0. The summed E-state index contributed by atoms with van der Waals surface area (Å²) in [5.74, 6) is 0.387. The molecule has 0 bridgehead atoms. The van der Waals surface area contributed by atoms with E-state index in [0.29, 0.717) is 17.0 Å². The third kappa shape index (κ3) is 3.32. The average molecular weight is 265 g/mol. The highest BCUT2D eigenvalue weighted by molar-refractivity contribution is 8.14. The van der Waals surface area contributed by atoms with E-state index in [0.717, 1.165) is 5.17 Å². The van der Waals surface area contributed by atoms with E-state index in [1.165, 1.54) is 6.07 Å². The van der Waals surface area contributed by atoms with Crippen molar-refractivity contribution in [2.75, 3.05) is 5.75 Å². The maximum atomic E-state index is 13.6. The summed E-state index contributed by atoms with van der Waals surface area (Å²) in [4.78, 5) is 4.49. The van der Waals surface area contributed by atoms with Gasteiger partial charge in [0, 0.05) is 11.3 Å². The van der Waals surface area contributed by atoms with Gasteiger partial charge in [-0.05, 0) is 26.8 Å². The third-order valence-corrected chi connectivity index (χ3v) is 3.13. The molecule has 2 rings (SSSR count). The van der Waals surface area contributed by atoms with Crippen LogP contribution in [0.25, 0.3) is 0 Å². The third-order valence-electron chi connectivity index (χ3n) is 2.25. The summed E-state index contributed by atoms with van der Waals surface area (Å²) in [6.45, 7) is 6.08. The van der Waals surface area contributed by atoms with Gasteiger partial charge < -0.3 is 0 Å². The van der Waals surface area contributed by atoms with Gasteiger partial charge in [-0.15, -0.1) is 0 Å². The molecule has 0 saturated heterocycles. The van der Waals surface area contributed by atoms with Crippen LogP contribution in [0.5, 0.6) is 0 Å². The fourth-order valence-corrected chi connectivity index (χ4v) is 2.45. The number of amidine groups is 1. The molecule has 0 atom stereocenters. The number of hydrogen-bond donors (Lipinski definition) is 1. The highest BCUT2D eigenvalue weighted by Crippen LogP contribution is 2.18. The number of rotatable bonds is 1. The number of aliphatic imine (C=N–C) groups is 1. The molecule has 1 aliphatic rings. The average Bonchev–Trinajstić information content (AvgIpc) is 2.29. The first kappa shape index (κ1) is 13.1. The van der Waals surface area contributed by atoms with Crippen LogP contribution in [0.4, 0.5) is 4.39 Å². The fraction of sp³-hybridized carbons (Fsp3) is 0.385. The van der Waals surface area contributed by atoms with Crippen molar-refractivity contribution in [3.8, 4) is 0 Å². The molecular formula is C13H16FN3S. The number of hydrazone groups is 1. The Bertz CT molecular complexity index is 503. The van der Waals surface area contributed by atoms with Gasteiger partial charge in [-0.2, -0.15) is 5.10 Å². The van der Waals surface area contributed by atoms with Crippen LogP contribution in [-0.4, -0.2) is 22.2 Å². The maximum Gasteiger partial charge on any atom is 0.178 e. The lowest BCUT2D eigenvalue weighted by Crippen LogP contribution is -2.28. The standard InChI is InChI=1S/C13H16FN3S/c1-13(2,3)15-12-17-16-11(8-18-12)9-6-4-5-7-10(9)14/h4-7H,8H2,1-3H3,(H,15,17). The van der Waals surface area contributed by atoms with Crippen LogP contribution in [0.3, 0.4) is 0 Å². The minimum absolute atomic E-state index is 0.139. The van der Waals surface area contributed by atoms with E-state index in [1.807, 2.05) is 26.8 Å². The second-order valence-corrected chi connectivity index (χ2v) is 5.99. The number of nitrogens with one attached hydrogen (secondary N) is 1. The van der Waals surface area contributed by atoms with Crippen molar-refractivity contribution < 1.29 is 4.39 Å². The smallest absolute Gasteiger partial charge is 0.178 e. The lowest BCUT2D eigenvalue weighted by molar-refractivity contribution is 0.582. The van der Waals surface area contributed by atoms with Gasteiger partial charge in [0.25, 0.3) is 0 Å². The number of thioether (sulfide) groups is 1. The molecular weight excluding hydrogens is 249 g/mol. The molecule has 0 fully saturated rings. The van der Waals surface area contributed by atoms with Gasteiger partial charge in [0.15, 0.2) is 5.17 Å². The molecule has 1 heterocycles. The van der Waals surface area contributed by atoms with E-state index in [4.69, 9.17) is 0 Å². The van der Waals surface area contributed by atoms with E-state index in [-0.39, 0.29) is 11.4 Å². The van der Waals surface area contributed by atoms with Crippen LogP contribution >= 0.6 is 11.8 Å². The summed E-state index contributed by atoms with van der Waals surface area (Å²) in [6, 6.07) is 6.67. The molecule has 96 valence electrons. The van der Waals surface area contributed by atoms with Crippen molar-refractivity contribution in [3.63, 3.8) is 0 Å². The van der Waals surface area contributed by atoms with Crippen LogP contribution in [0.2, 0.25) is 0 Å². The van der Waals surface area contributed by atoms with Crippen LogP contribution in [0, 0.1) is 5.82 Å². The molecule has 0 aliphatic carbocycles. The van der Waals surface area contributed by atoms with Crippen LogP contribution in [0.1, 0.15) is 26.3 Å². The predicted molar refractivity (Wildman–Crippen MR) is 75.7 cm³/mol. The molecule has 0 amide bonds. The molecule has 1 aromatic carbocycles. The van der Waals surface area contributed by atoms with E-state index < -0.39 is 0 Å². The van der Waals surface area contributed by atoms with Crippen molar-refractivity contribution in [1.29, 1.82) is 0 Å². The van der Waals surface area contributed by atoms with Crippen molar-refractivity contribution in [1.82, 2.24) is 5.43 Å². The highest BCUT2D eigenvalue weighted by Gasteiger charge is 2.17. The minimum atomic E-state index is -0.241. The zero-order chi connectivity index (χ0) is 13.2. The zero-order valence-electron chi connectivity index (χ0n) is 10.7. The molecule has 5 heteroatoms. The van der Waals surface area contributed by atoms with Crippen molar-refractivity contribution in [3.05, 3.63) is 35.6 Å². The van der Waals surface area contributed by atoms with E-state index in [9.17, 15) is 4.39 Å². The van der Waals surface area contributed by atoms with Gasteiger partial charge in [-0.1, -0.05) is 30.0 Å². The number of hydrogen-bond acceptors (Lipinski definition) is 3. The largest absolute Gasteiger partial charge is 0.256 e. The normalized spacial score (nSPS) is 18.4. The number of benzene rings is 1. The summed E-state index contributed by atoms with van der Waals surface area (Å²) in [7, 11) is 0. The molecule has 0 aromatic heterocycles. The Labute approximate surface area is 111 Å². The van der Waals surface area contributed by atoms with E-state index in [1.54, 1.807) is 23.9 Å². The second-order valence-electron chi connectivity index (χ2n) is 5.03. The van der Waals surface area contributed by atoms with Crippen LogP contribution < -0.4 is 5.43 Å². The highest BCUT2D eigenvalue weighted by atomic mass is 32.2. The van der Waals surface area contributed by atoms with Gasteiger partial charge in [0.1, 0.15) is 5.82 Å². The first-order valence-electron chi connectivity index (χ1n) is 5.76. The Balaban J connectivity index is 2.17. The van der Waals surface area contributed by atoms with Gasteiger partial charge in [0.05, 0.1) is 11.3 Å². The monoisotopic (exact) mass is 265 g/mol. The molecule has 1 aliphatic heterocycles. The maximum absolute atomic E-state index is 13.6.